The maximum Gasteiger partial charge on any atom is 0.185 e. The van der Waals surface area contributed by atoms with Crippen molar-refractivity contribution in [2.75, 3.05) is 7.11 Å². The van der Waals surface area contributed by atoms with E-state index >= 15 is 0 Å². The van der Waals surface area contributed by atoms with E-state index in [2.05, 4.69) is 15.9 Å². The van der Waals surface area contributed by atoms with Crippen LogP contribution >= 0.6 is 15.9 Å². The van der Waals surface area contributed by atoms with E-state index in [9.17, 15) is 13.2 Å². The molecule has 0 spiro atoms. The first-order valence-corrected chi connectivity index (χ1v) is 11.0. The van der Waals surface area contributed by atoms with Gasteiger partial charge in [-0.3, -0.25) is 4.79 Å². The summed E-state index contributed by atoms with van der Waals surface area (Å²) in [6, 6.07) is 21.9. The Labute approximate surface area is 173 Å². The van der Waals surface area contributed by atoms with Crippen molar-refractivity contribution in [1.29, 1.82) is 0 Å². The first-order chi connectivity index (χ1) is 13.4. The summed E-state index contributed by atoms with van der Waals surface area (Å²) in [7, 11) is -2.21. The third kappa shape index (κ3) is 4.51. The fourth-order valence-electron chi connectivity index (χ4n) is 2.92. The lowest BCUT2D eigenvalue weighted by atomic mass is 10.0. The van der Waals surface area contributed by atoms with Crippen molar-refractivity contribution in [3.05, 3.63) is 94.5 Å². The van der Waals surface area contributed by atoms with Crippen LogP contribution in [0.15, 0.2) is 88.2 Å². The van der Waals surface area contributed by atoms with Gasteiger partial charge in [-0.2, -0.15) is 0 Å². The first kappa shape index (κ1) is 20.3. The number of hydrogen-bond donors (Lipinski definition) is 0. The predicted molar refractivity (Wildman–Crippen MR) is 112 cm³/mol. The van der Waals surface area contributed by atoms with E-state index in [0.717, 1.165) is 4.47 Å². The Morgan fingerprint density at radius 2 is 1.54 bits per heavy atom. The van der Waals surface area contributed by atoms with Gasteiger partial charge in [-0.1, -0.05) is 58.4 Å². The van der Waals surface area contributed by atoms with Gasteiger partial charge in [0, 0.05) is 16.5 Å². The molecule has 3 aromatic carbocycles. The van der Waals surface area contributed by atoms with Gasteiger partial charge in [-0.05, 0) is 42.0 Å². The third-order valence-corrected chi connectivity index (χ3v) is 7.12. The second-order valence-corrected chi connectivity index (χ2v) is 9.30. The Morgan fingerprint density at radius 1 is 0.929 bits per heavy atom. The molecule has 144 valence electrons. The SMILES string of the molecule is COc1ccc([C@H](CC(=O)c2ccc(Br)cc2)S(=O)(=O)c2ccccc2)cc1. The summed E-state index contributed by atoms with van der Waals surface area (Å²) in [5.74, 6) is 0.395. The number of methoxy groups -OCH3 is 1. The minimum Gasteiger partial charge on any atom is -0.497 e. The molecule has 0 heterocycles. The lowest BCUT2D eigenvalue weighted by molar-refractivity contribution is 0.0980. The molecule has 0 aromatic heterocycles. The molecular formula is C22H19BrO4S. The normalized spacial score (nSPS) is 12.4. The van der Waals surface area contributed by atoms with Gasteiger partial charge < -0.3 is 4.74 Å². The van der Waals surface area contributed by atoms with E-state index in [1.165, 1.54) is 0 Å². The highest BCUT2D eigenvalue weighted by Gasteiger charge is 2.31. The largest absolute Gasteiger partial charge is 0.497 e. The number of hydrogen-bond acceptors (Lipinski definition) is 4. The van der Waals surface area contributed by atoms with Crippen molar-refractivity contribution >= 4 is 31.6 Å². The van der Waals surface area contributed by atoms with Gasteiger partial charge in [0.05, 0.1) is 17.3 Å². The highest BCUT2D eigenvalue weighted by molar-refractivity contribution is 9.10. The van der Waals surface area contributed by atoms with Crippen LogP contribution in [0.3, 0.4) is 0 Å². The fraction of sp³-hybridized carbons (Fsp3) is 0.136. The van der Waals surface area contributed by atoms with Crippen LogP contribution in [0, 0.1) is 0 Å². The van der Waals surface area contributed by atoms with Gasteiger partial charge in [-0.25, -0.2) is 8.42 Å². The average Bonchev–Trinajstić information content (AvgIpc) is 2.73. The monoisotopic (exact) mass is 458 g/mol. The molecule has 0 amide bonds. The van der Waals surface area contributed by atoms with E-state index in [-0.39, 0.29) is 17.1 Å². The number of rotatable bonds is 7. The first-order valence-electron chi connectivity index (χ1n) is 8.63. The van der Waals surface area contributed by atoms with Gasteiger partial charge in [0.2, 0.25) is 0 Å². The van der Waals surface area contributed by atoms with Gasteiger partial charge in [-0.15, -0.1) is 0 Å². The predicted octanol–water partition coefficient (Wildman–Crippen LogP) is 5.25. The van der Waals surface area contributed by atoms with Crippen LogP contribution in [0.1, 0.15) is 27.6 Å². The number of halogens is 1. The van der Waals surface area contributed by atoms with Crippen LogP contribution in [0.4, 0.5) is 0 Å². The topological polar surface area (TPSA) is 60.4 Å². The van der Waals surface area contributed by atoms with E-state index in [1.807, 2.05) is 0 Å². The Morgan fingerprint density at radius 3 is 2.11 bits per heavy atom. The molecule has 3 rings (SSSR count). The molecule has 1 atom stereocenters. The van der Waals surface area contributed by atoms with Crippen LogP contribution in [0.2, 0.25) is 0 Å². The van der Waals surface area contributed by atoms with Gasteiger partial charge in [0.15, 0.2) is 15.6 Å². The lowest BCUT2D eigenvalue weighted by Gasteiger charge is -2.18. The number of carbonyl (C=O) groups is 1. The Bertz CT molecular complexity index is 1040. The van der Waals surface area contributed by atoms with Crippen molar-refractivity contribution in [2.45, 2.75) is 16.6 Å². The average molecular weight is 459 g/mol. The lowest BCUT2D eigenvalue weighted by Crippen LogP contribution is -2.18. The van der Waals surface area contributed by atoms with Crippen LogP contribution in [0.5, 0.6) is 5.75 Å². The standard InChI is InChI=1S/C22H19BrO4S/c1-27-19-13-9-17(10-14-19)22(28(25,26)20-5-3-2-4-6-20)15-21(24)16-7-11-18(23)12-8-16/h2-14,22H,15H2,1H3/t22-/m0/s1. The molecular weight excluding hydrogens is 440 g/mol. The van der Waals surface area contributed by atoms with Crippen molar-refractivity contribution < 1.29 is 17.9 Å². The quantitative estimate of drug-likeness (QED) is 0.453. The highest BCUT2D eigenvalue weighted by Crippen LogP contribution is 2.34. The third-order valence-electron chi connectivity index (χ3n) is 4.47. The van der Waals surface area contributed by atoms with E-state index in [0.29, 0.717) is 16.9 Å². The molecule has 0 saturated heterocycles. The summed E-state index contributed by atoms with van der Waals surface area (Å²) in [4.78, 5) is 13.0. The van der Waals surface area contributed by atoms with Gasteiger partial charge >= 0.3 is 0 Å². The van der Waals surface area contributed by atoms with E-state index < -0.39 is 15.1 Å². The van der Waals surface area contributed by atoms with Gasteiger partial charge in [0.1, 0.15) is 5.75 Å². The smallest absolute Gasteiger partial charge is 0.185 e. The molecule has 0 bridgehead atoms. The molecule has 0 aliphatic rings. The summed E-state index contributed by atoms with van der Waals surface area (Å²) in [5, 5.41) is -0.989. The number of benzene rings is 3. The summed E-state index contributed by atoms with van der Waals surface area (Å²) in [6.07, 6.45) is -0.148. The highest BCUT2D eigenvalue weighted by atomic mass is 79.9. The molecule has 0 radical (unpaired) electrons. The van der Waals surface area contributed by atoms with E-state index in [1.54, 1.807) is 86.0 Å². The molecule has 0 aliphatic heterocycles. The summed E-state index contributed by atoms with van der Waals surface area (Å²) in [5.41, 5.74) is 1.03. The molecule has 6 heteroatoms. The van der Waals surface area contributed by atoms with Crippen molar-refractivity contribution in [3.8, 4) is 5.75 Å². The Hall–Kier alpha value is -2.44. The molecule has 0 unspecified atom stereocenters. The van der Waals surface area contributed by atoms with Crippen LogP contribution in [0.25, 0.3) is 0 Å². The zero-order valence-electron chi connectivity index (χ0n) is 15.2. The maximum absolute atomic E-state index is 13.3. The number of ether oxygens (including phenoxy) is 1. The number of Topliss-reactive ketones (excluding diaryl/α,β-unsaturated/α-hetero) is 1. The summed E-state index contributed by atoms with van der Waals surface area (Å²) < 4.78 is 32.6. The molecule has 0 fully saturated rings. The molecule has 4 nitrogen and oxygen atoms in total. The fourth-order valence-corrected chi connectivity index (χ4v) is 4.94. The molecule has 0 aliphatic carbocycles. The van der Waals surface area contributed by atoms with Crippen molar-refractivity contribution in [1.82, 2.24) is 0 Å². The second-order valence-electron chi connectivity index (χ2n) is 6.25. The Kier molecular flexibility index (Phi) is 6.31. The van der Waals surface area contributed by atoms with Crippen molar-refractivity contribution in [2.24, 2.45) is 0 Å². The number of sulfone groups is 1. The number of ketones is 1. The molecule has 0 N–H and O–H groups in total. The molecule has 28 heavy (non-hydrogen) atoms. The summed E-state index contributed by atoms with van der Waals surface area (Å²) >= 11 is 3.34. The zero-order chi connectivity index (χ0) is 20.1. The second kappa shape index (κ2) is 8.71. The van der Waals surface area contributed by atoms with E-state index in [4.69, 9.17) is 4.74 Å². The van der Waals surface area contributed by atoms with Crippen LogP contribution in [-0.2, 0) is 9.84 Å². The van der Waals surface area contributed by atoms with Gasteiger partial charge in [0.25, 0.3) is 0 Å². The minimum absolute atomic E-state index is 0.148. The zero-order valence-corrected chi connectivity index (χ0v) is 17.6. The molecule has 3 aromatic rings. The van der Waals surface area contributed by atoms with Crippen molar-refractivity contribution in [3.63, 3.8) is 0 Å². The maximum atomic E-state index is 13.3. The van der Waals surface area contributed by atoms with Crippen LogP contribution in [-0.4, -0.2) is 21.3 Å². The Balaban J connectivity index is 2.01. The molecule has 0 saturated carbocycles. The van der Waals surface area contributed by atoms with Crippen LogP contribution < -0.4 is 4.74 Å². The minimum atomic E-state index is -3.76. The number of carbonyl (C=O) groups excluding carboxylic acids is 1. The summed E-state index contributed by atoms with van der Waals surface area (Å²) in [6.45, 7) is 0.